The summed E-state index contributed by atoms with van der Waals surface area (Å²) in [5.41, 5.74) is 23.7. The van der Waals surface area contributed by atoms with Crippen LogP contribution in [-0.2, 0) is 13.0 Å². The first-order chi connectivity index (χ1) is 62.3. The number of aromatic amines is 1. The van der Waals surface area contributed by atoms with Crippen LogP contribution >= 0.6 is 68.2 Å². The van der Waals surface area contributed by atoms with Crippen molar-refractivity contribution in [3.8, 4) is 53.5 Å². The van der Waals surface area contributed by atoms with Gasteiger partial charge in [0.2, 0.25) is 0 Å². The van der Waals surface area contributed by atoms with Crippen LogP contribution in [0.3, 0.4) is 0 Å². The predicted octanol–water partition coefficient (Wildman–Crippen LogP) is 24.1. The first-order valence-corrected chi connectivity index (χ1v) is 44.4. The van der Waals surface area contributed by atoms with Crippen LogP contribution in [0.15, 0.2) is 312 Å². The molecule has 0 radical (unpaired) electrons. The van der Waals surface area contributed by atoms with E-state index in [-0.39, 0.29) is 0 Å². The lowest BCUT2D eigenvalue weighted by Gasteiger charge is -2.11. The van der Waals surface area contributed by atoms with Gasteiger partial charge >= 0.3 is 0 Å². The van der Waals surface area contributed by atoms with Crippen LogP contribution in [0.5, 0.6) is 0 Å². The van der Waals surface area contributed by atoms with Crippen LogP contribution in [0.4, 0.5) is 63.2 Å². The van der Waals surface area contributed by atoms with Gasteiger partial charge in [0.25, 0.3) is 0 Å². The van der Waals surface area contributed by atoms with Gasteiger partial charge in [-0.3, -0.25) is 35.0 Å². The number of aromatic nitrogens is 20. The van der Waals surface area contributed by atoms with Crippen molar-refractivity contribution in [3.05, 3.63) is 319 Å². The molecule has 1 aliphatic heterocycles. The number of rotatable bonds is 15. The highest BCUT2D eigenvalue weighted by atomic mass is 32.1. The molecule has 604 valence electrons. The zero-order chi connectivity index (χ0) is 83.9. The van der Waals surface area contributed by atoms with E-state index in [0.717, 1.165) is 180 Å². The number of H-pyrrole nitrogens is 1. The minimum absolute atomic E-state index is 0.636. The molecule has 1 aliphatic carbocycles. The molecular formula is C93H61N27S6. The minimum atomic E-state index is 0.636. The second kappa shape index (κ2) is 35.3. The molecule has 9 aromatic carbocycles. The van der Waals surface area contributed by atoms with Crippen molar-refractivity contribution in [3.63, 3.8) is 0 Å². The summed E-state index contributed by atoms with van der Waals surface area (Å²) in [4.78, 5) is 80.8. The third-order valence-electron chi connectivity index (χ3n) is 20.2. The Morgan fingerprint density at radius 3 is 1.29 bits per heavy atom. The second-order valence-corrected chi connectivity index (χ2v) is 33.6. The van der Waals surface area contributed by atoms with Crippen LogP contribution in [-0.4, -0.2) is 99.3 Å². The number of allylic oxidation sites excluding steroid dienone is 1. The number of nitrogens with one attached hydrogen (secondary N) is 6. The summed E-state index contributed by atoms with van der Waals surface area (Å²) >= 11 is 9.12. The van der Waals surface area contributed by atoms with E-state index < -0.39 is 0 Å². The van der Waals surface area contributed by atoms with Crippen molar-refractivity contribution >= 4 is 224 Å². The van der Waals surface area contributed by atoms with Gasteiger partial charge in [0.15, 0.2) is 34.8 Å². The van der Waals surface area contributed by atoms with Gasteiger partial charge in [-0.05, 0) is 174 Å². The Labute approximate surface area is 739 Å². The van der Waals surface area contributed by atoms with Crippen molar-refractivity contribution < 1.29 is 0 Å². The zero-order valence-corrected chi connectivity index (χ0v) is 70.6. The average Bonchev–Trinajstić information content (AvgIpc) is 1.28. The Morgan fingerprint density at radius 2 is 0.770 bits per heavy atom. The quantitative estimate of drug-likeness (QED) is 0.0555. The van der Waals surface area contributed by atoms with Crippen LogP contribution in [0.2, 0.25) is 0 Å². The maximum atomic E-state index is 4.75. The van der Waals surface area contributed by atoms with E-state index in [0.29, 0.717) is 41.3 Å². The highest BCUT2D eigenvalue weighted by Crippen LogP contribution is 2.39. The van der Waals surface area contributed by atoms with Crippen molar-refractivity contribution in [1.82, 2.24) is 99.3 Å². The molecule has 0 atom stereocenters. The van der Waals surface area contributed by atoms with Crippen LogP contribution in [0.1, 0.15) is 16.7 Å². The molecule has 2 aliphatic rings. The number of hydrogen-bond acceptors (Lipinski definition) is 32. The second-order valence-electron chi connectivity index (χ2n) is 28.3. The van der Waals surface area contributed by atoms with E-state index in [1.807, 2.05) is 176 Å². The summed E-state index contributed by atoms with van der Waals surface area (Å²) in [7, 11) is 0. The van der Waals surface area contributed by atoms with E-state index in [4.69, 9.17) is 24.9 Å². The number of para-hydroxylation sites is 4. The Kier molecular flexibility index (Phi) is 21.7. The summed E-state index contributed by atoms with van der Waals surface area (Å²) in [6.45, 7) is 0.654. The molecule has 15 heterocycles. The summed E-state index contributed by atoms with van der Waals surface area (Å²) < 4.78 is 5.37. The highest BCUT2D eigenvalue weighted by Gasteiger charge is 2.20. The Balaban J connectivity index is 0.0000000961. The molecule has 14 aromatic heterocycles. The van der Waals surface area contributed by atoms with Gasteiger partial charge in [-0.2, -0.15) is 19.7 Å². The number of azo groups is 1. The van der Waals surface area contributed by atoms with Gasteiger partial charge < -0.3 is 26.6 Å². The van der Waals surface area contributed by atoms with Crippen molar-refractivity contribution in [1.29, 1.82) is 0 Å². The van der Waals surface area contributed by atoms with Crippen LogP contribution < -0.4 is 26.6 Å². The lowest BCUT2D eigenvalue weighted by Crippen LogP contribution is -2.00. The fourth-order valence-corrected chi connectivity index (χ4v) is 17.6. The predicted molar refractivity (Wildman–Crippen MR) is 509 cm³/mol. The first kappa shape index (κ1) is 77.4. The number of nitrogens with zero attached hydrogens (tertiary/aromatic N) is 21. The highest BCUT2D eigenvalue weighted by molar-refractivity contribution is 7.14. The molecule has 0 unspecified atom stereocenters. The largest absolute Gasteiger partial charge is 0.340 e. The number of pyridine rings is 2. The molecule has 23 aromatic rings. The molecule has 0 bridgehead atoms. The van der Waals surface area contributed by atoms with Crippen molar-refractivity contribution in [2.45, 2.75) is 13.0 Å². The Morgan fingerprint density at radius 1 is 0.325 bits per heavy atom. The molecular weight excluding hydrogens is 1690 g/mol. The molecule has 0 spiro atoms. The third kappa shape index (κ3) is 17.0. The van der Waals surface area contributed by atoms with E-state index in [1.165, 1.54) is 79.3 Å². The summed E-state index contributed by atoms with van der Waals surface area (Å²) in [6, 6.07) is 68.7. The van der Waals surface area contributed by atoms with E-state index >= 15 is 0 Å². The molecule has 25 rings (SSSR count). The molecule has 0 saturated heterocycles. The summed E-state index contributed by atoms with van der Waals surface area (Å²) in [5, 5.41) is 41.7. The Bertz CT molecular complexity index is 7580. The van der Waals surface area contributed by atoms with E-state index in [2.05, 4.69) is 166 Å². The van der Waals surface area contributed by atoms with Gasteiger partial charge in [0, 0.05) is 127 Å². The lowest BCUT2D eigenvalue weighted by atomic mass is 10.1. The normalized spacial score (nSPS) is 11.7. The monoisotopic (exact) mass is 1750 g/mol. The number of thiazole rings is 5. The van der Waals surface area contributed by atoms with Gasteiger partial charge in [-0.1, -0.05) is 78.9 Å². The summed E-state index contributed by atoms with van der Waals surface area (Å²) in [5.74, 6) is 7.21. The van der Waals surface area contributed by atoms with Gasteiger partial charge in [-0.25, -0.2) is 54.8 Å². The minimum Gasteiger partial charge on any atom is -0.340 e. The van der Waals surface area contributed by atoms with Crippen LogP contribution in [0, 0.1) is 0 Å². The molecule has 0 saturated carbocycles. The molecule has 0 fully saturated rings. The van der Waals surface area contributed by atoms with E-state index in [9.17, 15) is 0 Å². The molecule has 0 amide bonds. The Hall–Kier alpha value is -15.9. The van der Waals surface area contributed by atoms with Gasteiger partial charge in [0.1, 0.15) is 29.1 Å². The SMILES string of the molecule is C1=Cc2cc(Nc3nc(-c4cncs4)nc4ncccc34)ccc2C1.c1ccc2c(Nc3ccc4c(c3)N=NC4)nc(-c3cncs3)nc2c1.c1ccc2c(Nc3ccc4cn[nH]c4c3)nc(-c3cncs3)nc2c1.c1ccc2c(Nc3ccc4cnccc4c3)nc(-c3cncs3)nc2c1.c1ccc2c(Nc3ccc4cnsc4c3)nc(-c3cncs3)nc2c1. The number of hydrogen-bond donors (Lipinski definition) is 6. The molecule has 27 nitrogen and oxygen atoms in total. The zero-order valence-electron chi connectivity index (χ0n) is 65.7. The third-order valence-corrected chi connectivity index (χ3v) is 24.8. The van der Waals surface area contributed by atoms with Gasteiger partial charge in [-0.15, -0.1) is 56.7 Å². The number of benzene rings is 9. The number of anilines is 10. The van der Waals surface area contributed by atoms with Crippen LogP contribution in [0.25, 0.3) is 146 Å². The maximum Gasteiger partial charge on any atom is 0.175 e. The molecule has 33 heteroatoms. The van der Waals surface area contributed by atoms with E-state index in [1.54, 1.807) is 77.1 Å². The fraction of sp³-hybridized carbons (Fsp3) is 0.0215. The van der Waals surface area contributed by atoms with Crippen molar-refractivity contribution in [2.24, 2.45) is 10.2 Å². The van der Waals surface area contributed by atoms with Crippen molar-refractivity contribution in [2.75, 3.05) is 26.6 Å². The smallest absolute Gasteiger partial charge is 0.175 e. The lowest BCUT2D eigenvalue weighted by molar-refractivity contribution is 1.04. The average molecular weight is 1750 g/mol. The summed E-state index contributed by atoms with van der Waals surface area (Å²) in [6.07, 6.45) is 23.4. The van der Waals surface area contributed by atoms with Gasteiger partial charge in [0.05, 0.1) is 108 Å². The fourth-order valence-electron chi connectivity index (χ4n) is 14.1. The molecule has 126 heavy (non-hydrogen) atoms. The standard InChI is InChI=1S/C20H13N5S.C19H13N5S.2C18H12N6S.C18H11N5S2/c1-2-4-17-16(3-1)19(25-20(24-17)18-11-22-12-26-18)23-15-6-5-14-10-21-8-7-13(14)9-15;1-3-12-6-7-14(9-13(12)4-1)22-18-15-5-2-8-21-17(15)23-19(24-18)16-10-20-11-25-16;2*1-2-4-14-13(3-1)17(23-18(22-14)16-9-19-10-25-16)21-12-6-5-11-8-20-24-15(11)7-12;1-2-4-14-13(3-1)17(23-18(22-14)16-9-19-10-24-16)21-12-6-5-11-8-20-25-15(11)7-12/h1-12H,(H,23,24,25);1-2,4-11H,3H2,(H,21,22,23,24);1-7,9-10H,8H2,(H,21,22,23);1-10H,(H,20,24)(H,21,22,23);1-10H,(H,21,22,23). The topological polar surface area (TPSA) is 346 Å². The first-order valence-electron chi connectivity index (χ1n) is 39.2. The molecule has 6 N–H and O–H groups in total. The number of fused-ring (bicyclic) bond motifs is 10. The maximum absolute atomic E-state index is 4.75.